The molecular weight excluding hydrogens is 396 g/mol. The van der Waals surface area contributed by atoms with Gasteiger partial charge in [0.2, 0.25) is 0 Å². The van der Waals surface area contributed by atoms with E-state index in [0.29, 0.717) is 51.4 Å². The molecule has 0 radical (unpaired) electrons. The van der Waals surface area contributed by atoms with Crippen LogP contribution < -0.4 is 4.90 Å². The fraction of sp³-hybridized carbons (Fsp3) is 0.455. The lowest BCUT2D eigenvalue weighted by Gasteiger charge is -2.36. The van der Waals surface area contributed by atoms with Crippen LogP contribution in [0.5, 0.6) is 0 Å². The summed E-state index contributed by atoms with van der Waals surface area (Å²) in [5, 5.41) is 14.2. The van der Waals surface area contributed by atoms with E-state index < -0.39 is 0 Å². The molecule has 0 N–H and O–H groups in total. The van der Waals surface area contributed by atoms with Crippen molar-refractivity contribution in [1.29, 1.82) is 5.26 Å². The van der Waals surface area contributed by atoms with E-state index in [0.717, 1.165) is 34.5 Å². The minimum absolute atomic E-state index is 0.136. The lowest BCUT2D eigenvalue weighted by atomic mass is 10.0. The molecular formula is C22H24N6O3. The third-order valence-electron chi connectivity index (χ3n) is 6.10. The smallest absolute Gasteiger partial charge is 0.410 e. The molecule has 2 aromatic rings. The number of allylic oxidation sites excluding steroid dienone is 2. The molecule has 9 nitrogen and oxygen atoms in total. The molecule has 3 aliphatic rings. The average Bonchev–Trinajstić information content (AvgIpc) is 3.53. The molecule has 31 heavy (non-hydrogen) atoms. The molecule has 4 heterocycles. The number of rotatable bonds is 3. The van der Waals surface area contributed by atoms with E-state index in [1.807, 2.05) is 19.3 Å². The van der Waals surface area contributed by atoms with Gasteiger partial charge in [-0.2, -0.15) is 10.4 Å². The highest BCUT2D eigenvalue weighted by molar-refractivity contribution is 6.05. The lowest BCUT2D eigenvalue weighted by Crippen LogP contribution is -2.49. The molecule has 2 saturated heterocycles. The molecule has 2 aliphatic heterocycles. The van der Waals surface area contributed by atoms with Crippen molar-refractivity contribution in [2.45, 2.75) is 18.9 Å². The van der Waals surface area contributed by atoms with Gasteiger partial charge in [0, 0.05) is 75.3 Å². The number of hydrogen-bond donors (Lipinski definition) is 0. The quantitative estimate of drug-likeness (QED) is 0.748. The number of fused-ring (bicyclic) bond motifs is 1. The second-order valence-corrected chi connectivity index (χ2v) is 8.04. The highest BCUT2D eigenvalue weighted by Crippen LogP contribution is 2.42. The second kappa shape index (κ2) is 8.04. The zero-order valence-corrected chi connectivity index (χ0v) is 17.5. The molecule has 0 spiro atoms. The van der Waals surface area contributed by atoms with Gasteiger partial charge >= 0.3 is 6.09 Å². The van der Waals surface area contributed by atoms with Crippen LogP contribution in [0.15, 0.2) is 24.7 Å². The Hall–Kier alpha value is -3.38. The van der Waals surface area contributed by atoms with Crippen molar-refractivity contribution in [3.63, 3.8) is 0 Å². The third kappa shape index (κ3) is 3.64. The topological polar surface area (TPSA) is 96.5 Å². The van der Waals surface area contributed by atoms with Gasteiger partial charge in [0.15, 0.2) is 0 Å². The normalized spacial score (nSPS) is 20.7. The molecule has 0 bridgehead atoms. The van der Waals surface area contributed by atoms with Crippen molar-refractivity contribution >= 4 is 22.9 Å². The van der Waals surface area contributed by atoms with Gasteiger partial charge in [0.25, 0.3) is 0 Å². The van der Waals surface area contributed by atoms with E-state index in [1.54, 1.807) is 22.0 Å². The number of nitriles is 1. The van der Waals surface area contributed by atoms with Gasteiger partial charge in [-0.3, -0.25) is 9.67 Å². The van der Waals surface area contributed by atoms with Gasteiger partial charge in [-0.1, -0.05) is 0 Å². The van der Waals surface area contributed by atoms with E-state index in [1.165, 1.54) is 0 Å². The fourth-order valence-electron chi connectivity index (χ4n) is 4.47. The summed E-state index contributed by atoms with van der Waals surface area (Å²) in [5.41, 5.74) is 5.39. The number of piperazine rings is 1. The van der Waals surface area contributed by atoms with E-state index in [4.69, 9.17) is 9.47 Å². The van der Waals surface area contributed by atoms with Crippen LogP contribution in [0, 0.1) is 11.3 Å². The van der Waals surface area contributed by atoms with Gasteiger partial charge < -0.3 is 19.3 Å². The number of aryl methyl sites for hydroxylation is 1. The number of anilines is 1. The highest BCUT2D eigenvalue weighted by atomic mass is 16.6. The Bertz CT molecular complexity index is 1070. The summed E-state index contributed by atoms with van der Waals surface area (Å²) in [6.07, 6.45) is 6.49. The summed E-state index contributed by atoms with van der Waals surface area (Å²) >= 11 is 0. The van der Waals surface area contributed by atoms with Crippen LogP contribution in [0.2, 0.25) is 0 Å². The van der Waals surface area contributed by atoms with Crippen molar-refractivity contribution in [2.24, 2.45) is 7.05 Å². The van der Waals surface area contributed by atoms with Crippen LogP contribution in [0.3, 0.4) is 0 Å². The molecule has 1 amide bonds. The first-order valence-corrected chi connectivity index (χ1v) is 10.5. The first-order valence-electron chi connectivity index (χ1n) is 10.5. The molecule has 160 valence electrons. The van der Waals surface area contributed by atoms with Crippen LogP contribution >= 0.6 is 0 Å². The maximum atomic E-state index is 12.4. The summed E-state index contributed by atoms with van der Waals surface area (Å²) in [5.74, 6) is 0. The summed E-state index contributed by atoms with van der Waals surface area (Å²) in [4.78, 5) is 21.0. The molecule has 1 aliphatic carbocycles. The van der Waals surface area contributed by atoms with E-state index >= 15 is 0 Å². The maximum Gasteiger partial charge on any atom is 0.410 e. The summed E-state index contributed by atoms with van der Waals surface area (Å²) < 4.78 is 12.6. The molecule has 5 rings (SSSR count). The molecule has 1 atom stereocenters. The second-order valence-electron chi connectivity index (χ2n) is 8.04. The minimum atomic E-state index is -0.272. The molecule has 2 aromatic heterocycles. The molecule has 0 unspecified atom stereocenters. The summed E-state index contributed by atoms with van der Waals surface area (Å²) in [6, 6.07) is 4.37. The van der Waals surface area contributed by atoms with Gasteiger partial charge in [-0.05, 0) is 11.6 Å². The van der Waals surface area contributed by atoms with Crippen molar-refractivity contribution in [3.05, 3.63) is 41.5 Å². The Kier molecular flexibility index (Phi) is 5.08. The van der Waals surface area contributed by atoms with Crippen LogP contribution in [0.4, 0.5) is 10.5 Å². The molecule has 9 heteroatoms. The fourth-order valence-corrected chi connectivity index (χ4v) is 4.47. The average molecular weight is 420 g/mol. The van der Waals surface area contributed by atoms with Crippen LogP contribution in [0.25, 0.3) is 11.1 Å². The SMILES string of the molecule is Cn1cc(C2=C(C#N)c3c(N4CCN(C(=O)O[C@H]5CCOC5)CC4)ccnc3C2)cn1. The number of pyridine rings is 1. The Morgan fingerprint density at radius 2 is 2.16 bits per heavy atom. The Morgan fingerprint density at radius 1 is 1.32 bits per heavy atom. The highest BCUT2D eigenvalue weighted by Gasteiger charge is 2.31. The molecule has 0 aromatic carbocycles. The van der Waals surface area contributed by atoms with Crippen molar-refractivity contribution < 1.29 is 14.3 Å². The van der Waals surface area contributed by atoms with Crippen molar-refractivity contribution in [3.8, 4) is 6.07 Å². The number of amides is 1. The number of ether oxygens (including phenoxy) is 2. The number of carbonyl (C=O) groups excluding carboxylic acids is 1. The molecule has 2 fully saturated rings. The van der Waals surface area contributed by atoms with E-state index in [2.05, 4.69) is 21.1 Å². The first-order chi connectivity index (χ1) is 15.1. The van der Waals surface area contributed by atoms with Crippen LogP contribution in [-0.4, -0.2) is 71.3 Å². The third-order valence-corrected chi connectivity index (χ3v) is 6.10. The molecule has 0 saturated carbocycles. The number of carbonyl (C=O) groups is 1. The number of hydrogen-bond acceptors (Lipinski definition) is 7. The number of nitrogens with zero attached hydrogens (tertiary/aromatic N) is 6. The van der Waals surface area contributed by atoms with Crippen molar-refractivity contribution in [1.82, 2.24) is 19.7 Å². The summed E-state index contributed by atoms with van der Waals surface area (Å²) in [7, 11) is 1.87. The lowest BCUT2D eigenvalue weighted by molar-refractivity contribution is 0.0534. The van der Waals surface area contributed by atoms with Gasteiger partial charge in [0.1, 0.15) is 12.2 Å². The Labute approximate surface area is 180 Å². The maximum absolute atomic E-state index is 12.4. The predicted octanol–water partition coefficient (Wildman–Crippen LogP) is 1.85. The minimum Gasteiger partial charge on any atom is -0.444 e. The largest absolute Gasteiger partial charge is 0.444 e. The van der Waals surface area contributed by atoms with E-state index in [-0.39, 0.29) is 12.2 Å². The van der Waals surface area contributed by atoms with Gasteiger partial charge in [-0.25, -0.2) is 4.79 Å². The predicted molar refractivity (Wildman–Crippen MR) is 113 cm³/mol. The zero-order chi connectivity index (χ0) is 21.4. The van der Waals surface area contributed by atoms with Crippen LogP contribution in [0.1, 0.15) is 23.2 Å². The monoisotopic (exact) mass is 420 g/mol. The zero-order valence-electron chi connectivity index (χ0n) is 17.5. The summed E-state index contributed by atoms with van der Waals surface area (Å²) in [6.45, 7) is 3.63. The Balaban J connectivity index is 1.34. The van der Waals surface area contributed by atoms with Crippen molar-refractivity contribution in [2.75, 3.05) is 44.3 Å². The number of aromatic nitrogens is 3. The Morgan fingerprint density at radius 3 is 2.84 bits per heavy atom. The van der Waals surface area contributed by atoms with Gasteiger partial charge in [0.05, 0.1) is 30.7 Å². The van der Waals surface area contributed by atoms with Gasteiger partial charge in [-0.15, -0.1) is 0 Å². The van der Waals surface area contributed by atoms with E-state index in [9.17, 15) is 10.1 Å². The standard InChI is InChI=1S/C22H24N6O3/c1-26-13-15(12-25-26)17-10-19-21(18(17)11-23)20(2-4-24-19)27-5-7-28(8-6-27)22(29)31-16-3-9-30-14-16/h2,4,12-13,16H,3,5-10,14H2,1H3/t16-/m0/s1. The first kappa shape index (κ1) is 19.6. The van der Waals surface area contributed by atoms with Crippen LogP contribution in [-0.2, 0) is 22.9 Å².